The van der Waals surface area contributed by atoms with Crippen molar-refractivity contribution in [1.82, 2.24) is 5.32 Å². The molecular formula is C11H22N2O. The molecule has 1 amide bonds. The molecule has 0 aliphatic heterocycles. The number of hydrogen-bond donors (Lipinski definition) is 2. The van der Waals surface area contributed by atoms with Crippen LogP contribution < -0.4 is 11.1 Å². The van der Waals surface area contributed by atoms with Gasteiger partial charge in [-0.15, -0.1) is 0 Å². The summed E-state index contributed by atoms with van der Waals surface area (Å²) in [6.45, 7) is 3.12. The molecule has 82 valence electrons. The highest BCUT2D eigenvalue weighted by Gasteiger charge is 2.29. The van der Waals surface area contributed by atoms with Gasteiger partial charge in [-0.25, -0.2) is 0 Å². The second kappa shape index (κ2) is 5.35. The van der Waals surface area contributed by atoms with E-state index < -0.39 is 0 Å². The fourth-order valence-electron chi connectivity index (χ4n) is 2.36. The van der Waals surface area contributed by atoms with Crippen molar-refractivity contribution in [3.8, 4) is 0 Å². The molecule has 14 heavy (non-hydrogen) atoms. The van der Waals surface area contributed by atoms with Crippen LogP contribution in [0.1, 0.15) is 45.4 Å². The number of nitrogens with one attached hydrogen (secondary N) is 1. The normalized spacial score (nSPS) is 20.4. The Kier molecular flexibility index (Phi) is 4.39. The lowest BCUT2D eigenvalue weighted by molar-refractivity contribution is -0.119. The van der Waals surface area contributed by atoms with Crippen LogP contribution in [0, 0.1) is 5.41 Å². The minimum Gasteiger partial charge on any atom is -0.356 e. The Bertz CT molecular complexity index is 186. The van der Waals surface area contributed by atoms with Crippen LogP contribution in [-0.4, -0.2) is 19.0 Å². The molecule has 0 atom stereocenters. The lowest BCUT2D eigenvalue weighted by Crippen LogP contribution is -2.36. The van der Waals surface area contributed by atoms with Crippen LogP contribution in [0.4, 0.5) is 0 Å². The van der Waals surface area contributed by atoms with Gasteiger partial charge in [0.15, 0.2) is 0 Å². The van der Waals surface area contributed by atoms with Gasteiger partial charge in [-0.3, -0.25) is 4.79 Å². The highest BCUT2D eigenvalue weighted by Crippen LogP contribution is 2.37. The van der Waals surface area contributed by atoms with Crippen LogP contribution in [0.5, 0.6) is 0 Å². The Labute approximate surface area is 86.4 Å². The van der Waals surface area contributed by atoms with Gasteiger partial charge in [0.1, 0.15) is 0 Å². The van der Waals surface area contributed by atoms with Crippen molar-refractivity contribution in [3.05, 3.63) is 0 Å². The smallest absolute Gasteiger partial charge is 0.216 e. The fourth-order valence-corrected chi connectivity index (χ4v) is 2.36. The SMILES string of the molecule is CC(=O)NCCC1(CN)CCCCC1. The summed E-state index contributed by atoms with van der Waals surface area (Å²) in [7, 11) is 0. The van der Waals surface area contributed by atoms with Crippen LogP contribution in [0.15, 0.2) is 0 Å². The zero-order chi connectivity index (χ0) is 10.4. The van der Waals surface area contributed by atoms with E-state index in [4.69, 9.17) is 5.73 Å². The molecule has 1 aliphatic carbocycles. The van der Waals surface area contributed by atoms with Crippen molar-refractivity contribution < 1.29 is 4.79 Å². The van der Waals surface area contributed by atoms with Crippen LogP contribution >= 0.6 is 0 Å². The Hall–Kier alpha value is -0.570. The van der Waals surface area contributed by atoms with Crippen LogP contribution in [0.3, 0.4) is 0 Å². The van der Waals surface area contributed by atoms with Crippen LogP contribution in [0.25, 0.3) is 0 Å². The van der Waals surface area contributed by atoms with Gasteiger partial charge < -0.3 is 11.1 Å². The predicted octanol–water partition coefficient (Wildman–Crippen LogP) is 1.42. The van der Waals surface area contributed by atoms with Crippen LogP contribution in [-0.2, 0) is 4.79 Å². The van der Waals surface area contributed by atoms with Gasteiger partial charge in [-0.1, -0.05) is 19.3 Å². The minimum atomic E-state index is 0.0629. The molecule has 3 nitrogen and oxygen atoms in total. The number of hydrogen-bond acceptors (Lipinski definition) is 2. The van der Waals surface area contributed by atoms with Crippen molar-refractivity contribution in [1.29, 1.82) is 0 Å². The number of carbonyl (C=O) groups excluding carboxylic acids is 1. The molecule has 0 bridgehead atoms. The average Bonchev–Trinajstić information content (AvgIpc) is 2.19. The molecule has 0 aromatic rings. The highest BCUT2D eigenvalue weighted by atomic mass is 16.1. The lowest BCUT2D eigenvalue weighted by atomic mass is 9.72. The second-order valence-corrected chi connectivity index (χ2v) is 4.50. The number of nitrogens with two attached hydrogens (primary N) is 1. The molecule has 3 heteroatoms. The fraction of sp³-hybridized carbons (Fsp3) is 0.909. The molecule has 0 heterocycles. The molecule has 0 aromatic heterocycles. The van der Waals surface area contributed by atoms with E-state index in [-0.39, 0.29) is 5.91 Å². The van der Waals surface area contributed by atoms with E-state index in [9.17, 15) is 4.79 Å². The minimum absolute atomic E-state index is 0.0629. The Balaban J connectivity index is 2.32. The first-order valence-electron chi connectivity index (χ1n) is 5.63. The van der Waals surface area contributed by atoms with E-state index in [1.165, 1.54) is 32.1 Å². The summed E-state index contributed by atoms with van der Waals surface area (Å²) in [5.41, 5.74) is 6.16. The van der Waals surface area contributed by atoms with Crippen molar-refractivity contribution >= 4 is 5.91 Å². The molecule has 0 spiro atoms. The Morgan fingerprint density at radius 2 is 2.00 bits per heavy atom. The highest BCUT2D eigenvalue weighted by molar-refractivity contribution is 5.72. The first-order valence-corrected chi connectivity index (χ1v) is 5.63. The van der Waals surface area contributed by atoms with Crippen molar-refractivity contribution in [3.63, 3.8) is 0 Å². The summed E-state index contributed by atoms with van der Waals surface area (Å²) >= 11 is 0. The molecule has 1 aliphatic rings. The maximum Gasteiger partial charge on any atom is 0.216 e. The standard InChI is InChI=1S/C11H22N2O/c1-10(14)13-8-7-11(9-12)5-3-2-4-6-11/h2-9,12H2,1H3,(H,13,14). The first kappa shape index (κ1) is 11.5. The first-order chi connectivity index (χ1) is 6.68. The zero-order valence-electron chi connectivity index (χ0n) is 9.14. The van der Waals surface area contributed by atoms with Crippen molar-refractivity contribution in [2.45, 2.75) is 45.4 Å². The summed E-state index contributed by atoms with van der Waals surface area (Å²) < 4.78 is 0. The molecule has 0 unspecified atom stereocenters. The van der Waals surface area contributed by atoms with Gasteiger partial charge in [0.2, 0.25) is 5.91 Å². The summed E-state index contributed by atoms with van der Waals surface area (Å²) in [4.78, 5) is 10.7. The number of carbonyl (C=O) groups is 1. The molecule has 1 fully saturated rings. The summed E-state index contributed by atoms with van der Waals surface area (Å²) in [5.74, 6) is 0.0629. The molecule has 0 saturated heterocycles. The molecular weight excluding hydrogens is 176 g/mol. The molecule has 1 rings (SSSR count). The third kappa shape index (κ3) is 3.29. The van der Waals surface area contributed by atoms with Gasteiger partial charge in [0, 0.05) is 13.5 Å². The number of amides is 1. The van der Waals surface area contributed by atoms with E-state index in [0.717, 1.165) is 19.5 Å². The zero-order valence-corrected chi connectivity index (χ0v) is 9.14. The van der Waals surface area contributed by atoms with E-state index in [0.29, 0.717) is 5.41 Å². The van der Waals surface area contributed by atoms with E-state index >= 15 is 0 Å². The maximum atomic E-state index is 10.7. The van der Waals surface area contributed by atoms with Gasteiger partial charge in [0.05, 0.1) is 0 Å². The lowest BCUT2D eigenvalue weighted by Gasteiger charge is -2.36. The Morgan fingerprint density at radius 3 is 2.50 bits per heavy atom. The topological polar surface area (TPSA) is 55.1 Å². The van der Waals surface area contributed by atoms with E-state index in [1.54, 1.807) is 6.92 Å². The van der Waals surface area contributed by atoms with E-state index in [2.05, 4.69) is 5.32 Å². The van der Waals surface area contributed by atoms with Gasteiger partial charge >= 0.3 is 0 Å². The van der Waals surface area contributed by atoms with Crippen molar-refractivity contribution in [2.24, 2.45) is 11.1 Å². The molecule has 1 saturated carbocycles. The largest absolute Gasteiger partial charge is 0.356 e. The summed E-state index contributed by atoms with van der Waals surface area (Å²) in [6.07, 6.45) is 7.48. The predicted molar refractivity (Wildman–Crippen MR) is 57.9 cm³/mol. The van der Waals surface area contributed by atoms with Gasteiger partial charge in [0.25, 0.3) is 0 Å². The van der Waals surface area contributed by atoms with Gasteiger partial charge in [-0.2, -0.15) is 0 Å². The summed E-state index contributed by atoms with van der Waals surface area (Å²) in [6, 6.07) is 0. The Morgan fingerprint density at radius 1 is 1.36 bits per heavy atom. The maximum absolute atomic E-state index is 10.7. The monoisotopic (exact) mass is 198 g/mol. The van der Waals surface area contributed by atoms with Crippen LogP contribution in [0.2, 0.25) is 0 Å². The van der Waals surface area contributed by atoms with Gasteiger partial charge in [-0.05, 0) is 31.2 Å². The third-order valence-electron chi connectivity index (χ3n) is 3.38. The average molecular weight is 198 g/mol. The van der Waals surface area contributed by atoms with Crippen molar-refractivity contribution in [2.75, 3.05) is 13.1 Å². The second-order valence-electron chi connectivity index (χ2n) is 4.50. The quantitative estimate of drug-likeness (QED) is 0.718. The summed E-state index contributed by atoms with van der Waals surface area (Å²) in [5, 5.41) is 2.86. The number of rotatable bonds is 4. The van der Waals surface area contributed by atoms with E-state index in [1.807, 2.05) is 0 Å². The molecule has 0 radical (unpaired) electrons. The molecule has 0 aromatic carbocycles. The third-order valence-corrected chi connectivity index (χ3v) is 3.38. The molecule has 3 N–H and O–H groups in total.